The highest BCUT2D eigenvalue weighted by Crippen LogP contribution is 2.21. The van der Waals surface area contributed by atoms with Crippen molar-refractivity contribution < 1.29 is 18.4 Å². The number of likely N-dealkylation sites (tertiary alicyclic amines) is 1. The number of carbonyl (C=O) groups is 2. The number of aryl methyl sites for hydroxylation is 1. The molecule has 2 amide bonds. The summed E-state index contributed by atoms with van der Waals surface area (Å²) in [6, 6.07) is 8.09. The van der Waals surface area contributed by atoms with E-state index in [0.717, 1.165) is 23.9 Å². The van der Waals surface area contributed by atoms with E-state index in [1.807, 2.05) is 13.0 Å². The van der Waals surface area contributed by atoms with Gasteiger partial charge in [0.15, 0.2) is 0 Å². The van der Waals surface area contributed by atoms with Gasteiger partial charge in [0, 0.05) is 18.8 Å². The van der Waals surface area contributed by atoms with Gasteiger partial charge in [-0.15, -0.1) is 0 Å². The molecule has 0 bridgehead atoms. The third kappa shape index (κ3) is 4.04. The zero-order chi connectivity index (χ0) is 18.7. The van der Waals surface area contributed by atoms with Gasteiger partial charge in [0.2, 0.25) is 5.91 Å². The topological polar surface area (TPSA) is 62.3 Å². The van der Waals surface area contributed by atoms with E-state index in [-0.39, 0.29) is 18.0 Å². The standard InChI is InChI=1S/C19H19F2N3O2/c1-12-4-2-6-17(22-12)23-18(25)13-5-3-9-24(11-13)19(26)15-10-14(20)7-8-16(15)21/h2,4,6-8,10,13H,3,5,9,11H2,1H3,(H,22,23,25). The molecule has 1 aliphatic heterocycles. The predicted molar refractivity (Wildman–Crippen MR) is 92.6 cm³/mol. The molecule has 1 saturated heterocycles. The first-order valence-corrected chi connectivity index (χ1v) is 8.43. The molecule has 1 aliphatic rings. The molecule has 0 saturated carbocycles. The summed E-state index contributed by atoms with van der Waals surface area (Å²) >= 11 is 0. The fourth-order valence-electron chi connectivity index (χ4n) is 3.05. The van der Waals surface area contributed by atoms with Crippen LogP contribution in [0.2, 0.25) is 0 Å². The van der Waals surface area contributed by atoms with Gasteiger partial charge in [-0.1, -0.05) is 6.07 Å². The summed E-state index contributed by atoms with van der Waals surface area (Å²) in [6.45, 7) is 2.39. The van der Waals surface area contributed by atoms with Crippen LogP contribution in [0.1, 0.15) is 28.9 Å². The van der Waals surface area contributed by atoms with Crippen LogP contribution in [0.4, 0.5) is 14.6 Å². The lowest BCUT2D eigenvalue weighted by atomic mass is 9.96. The van der Waals surface area contributed by atoms with E-state index in [4.69, 9.17) is 0 Å². The predicted octanol–water partition coefficient (Wildman–Crippen LogP) is 3.16. The molecule has 0 aliphatic carbocycles. The molecule has 136 valence electrons. The van der Waals surface area contributed by atoms with E-state index in [0.29, 0.717) is 25.2 Å². The van der Waals surface area contributed by atoms with Crippen LogP contribution >= 0.6 is 0 Å². The van der Waals surface area contributed by atoms with E-state index in [2.05, 4.69) is 10.3 Å². The molecule has 5 nitrogen and oxygen atoms in total. The second kappa shape index (κ2) is 7.59. The lowest BCUT2D eigenvalue weighted by Gasteiger charge is -2.32. The fraction of sp³-hybridized carbons (Fsp3) is 0.316. The third-order valence-corrected chi connectivity index (χ3v) is 4.38. The summed E-state index contributed by atoms with van der Waals surface area (Å²) in [5.74, 6) is -2.26. The molecule has 26 heavy (non-hydrogen) atoms. The van der Waals surface area contributed by atoms with Gasteiger partial charge in [-0.05, 0) is 50.1 Å². The normalized spacial score (nSPS) is 17.0. The quantitative estimate of drug-likeness (QED) is 0.916. The van der Waals surface area contributed by atoms with Gasteiger partial charge in [0.25, 0.3) is 5.91 Å². The maximum Gasteiger partial charge on any atom is 0.256 e. The Morgan fingerprint density at radius 3 is 2.81 bits per heavy atom. The van der Waals surface area contributed by atoms with Crippen LogP contribution in [0, 0.1) is 24.5 Å². The van der Waals surface area contributed by atoms with Crippen molar-refractivity contribution in [1.82, 2.24) is 9.88 Å². The maximum absolute atomic E-state index is 13.9. The summed E-state index contributed by atoms with van der Waals surface area (Å²) in [5, 5.41) is 2.75. The van der Waals surface area contributed by atoms with Crippen LogP contribution in [-0.4, -0.2) is 34.8 Å². The molecule has 0 spiro atoms. The van der Waals surface area contributed by atoms with Gasteiger partial charge in [0.1, 0.15) is 17.5 Å². The lowest BCUT2D eigenvalue weighted by Crippen LogP contribution is -2.44. The molecular formula is C19H19F2N3O2. The first kappa shape index (κ1) is 18.0. The van der Waals surface area contributed by atoms with Gasteiger partial charge in [-0.2, -0.15) is 0 Å². The van der Waals surface area contributed by atoms with Crippen molar-refractivity contribution in [3.63, 3.8) is 0 Å². The monoisotopic (exact) mass is 359 g/mol. The summed E-state index contributed by atoms with van der Waals surface area (Å²) < 4.78 is 27.2. The molecule has 1 aromatic heterocycles. The number of nitrogens with zero attached hydrogens (tertiary/aromatic N) is 2. The second-order valence-corrected chi connectivity index (χ2v) is 6.37. The number of anilines is 1. The number of hydrogen-bond donors (Lipinski definition) is 1. The second-order valence-electron chi connectivity index (χ2n) is 6.37. The van der Waals surface area contributed by atoms with Crippen molar-refractivity contribution in [1.29, 1.82) is 0 Å². The van der Waals surface area contributed by atoms with E-state index >= 15 is 0 Å². The van der Waals surface area contributed by atoms with Gasteiger partial charge in [-0.3, -0.25) is 9.59 Å². The number of halogens is 2. The third-order valence-electron chi connectivity index (χ3n) is 4.38. The molecule has 3 rings (SSSR count). The smallest absolute Gasteiger partial charge is 0.256 e. The lowest BCUT2D eigenvalue weighted by molar-refractivity contribution is -0.121. The average Bonchev–Trinajstić information content (AvgIpc) is 2.63. The molecule has 1 N–H and O–H groups in total. The van der Waals surface area contributed by atoms with Gasteiger partial charge in [-0.25, -0.2) is 13.8 Å². The Kier molecular flexibility index (Phi) is 5.25. The summed E-state index contributed by atoms with van der Waals surface area (Å²) in [4.78, 5) is 30.6. The number of pyridine rings is 1. The molecule has 1 aromatic carbocycles. The largest absolute Gasteiger partial charge is 0.338 e. The van der Waals surface area contributed by atoms with E-state index in [9.17, 15) is 18.4 Å². The molecule has 7 heteroatoms. The Bertz CT molecular complexity index is 841. The van der Waals surface area contributed by atoms with Gasteiger partial charge < -0.3 is 10.2 Å². The van der Waals surface area contributed by atoms with Crippen molar-refractivity contribution >= 4 is 17.6 Å². The number of piperidine rings is 1. The molecule has 2 aromatic rings. The van der Waals surface area contributed by atoms with Crippen LogP contribution in [0.15, 0.2) is 36.4 Å². The number of benzene rings is 1. The minimum Gasteiger partial charge on any atom is -0.338 e. The molecule has 0 radical (unpaired) electrons. The van der Waals surface area contributed by atoms with Crippen molar-refractivity contribution in [2.45, 2.75) is 19.8 Å². The minimum absolute atomic E-state index is 0.159. The Morgan fingerprint density at radius 2 is 2.04 bits per heavy atom. The molecule has 1 fully saturated rings. The number of amides is 2. The van der Waals surface area contributed by atoms with Gasteiger partial charge in [0.05, 0.1) is 11.5 Å². The SMILES string of the molecule is Cc1cccc(NC(=O)C2CCCN(C(=O)c3cc(F)ccc3F)C2)n1. The van der Waals surface area contributed by atoms with Crippen LogP contribution in [-0.2, 0) is 4.79 Å². The minimum atomic E-state index is -0.771. The van der Waals surface area contributed by atoms with E-state index in [1.165, 1.54) is 4.90 Å². The summed E-state index contributed by atoms with van der Waals surface area (Å²) in [7, 11) is 0. The zero-order valence-electron chi connectivity index (χ0n) is 14.3. The van der Waals surface area contributed by atoms with Crippen molar-refractivity contribution in [3.05, 3.63) is 59.3 Å². The van der Waals surface area contributed by atoms with Crippen LogP contribution in [0.3, 0.4) is 0 Å². The Morgan fingerprint density at radius 1 is 1.23 bits per heavy atom. The highest BCUT2D eigenvalue weighted by Gasteiger charge is 2.30. The Labute approximate surface area is 150 Å². The number of hydrogen-bond acceptors (Lipinski definition) is 3. The fourth-order valence-corrected chi connectivity index (χ4v) is 3.05. The van der Waals surface area contributed by atoms with Gasteiger partial charge >= 0.3 is 0 Å². The van der Waals surface area contributed by atoms with E-state index in [1.54, 1.807) is 12.1 Å². The Balaban J connectivity index is 1.69. The summed E-state index contributed by atoms with van der Waals surface area (Å²) in [6.07, 6.45) is 1.23. The first-order valence-electron chi connectivity index (χ1n) is 8.43. The van der Waals surface area contributed by atoms with E-state index < -0.39 is 23.5 Å². The molecule has 1 atom stereocenters. The Hall–Kier alpha value is -2.83. The molecular weight excluding hydrogens is 340 g/mol. The molecule has 1 unspecified atom stereocenters. The maximum atomic E-state index is 13.9. The number of aromatic nitrogens is 1. The van der Waals surface area contributed by atoms with Crippen molar-refractivity contribution in [3.8, 4) is 0 Å². The van der Waals surface area contributed by atoms with Crippen LogP contribution in [0.25, 0.3) is 0 Å². The average molecular weight is 359 g/mol. The zero-order valence-corrected chi connectivity index (χ0v) is 14.3. The number of carbonyl (C=O) groups excluding carboxylic acids is 2. The first-order chi connectivity index (χ1) is 12.4. The van der Waals surface area contributed by atoms with Crippen molar-refractivity contribution in [2.75, 3.05) is 18.4 Å². The molecule has 2 heterocycles. The van der Waals surface area contributed by atoms with Crippen LogP contribution in [0.5, 0.6) is 0 Å². The number of rotatable bonds is 3. The van der Waals surface area contributed by atoms with Crippen molar-refractivity contribution in [2.24, 2.45) is 5.92 Å². The van der Waals surface area contributed by atoms with Crippen LogP contribution < -0.4 is 5.32 Å². The highest BCUT2D eigenvalue weighted by molar-refractivity contribution is 5.96. The highest BCUT2D eigenvalue weighted by atomic mass is 19.1. The summed E-state index contributed by atoms with van der Waals surface area (Å²) in [5.41, 5.74) is 0.469. The number of nitrogens with one attached hydrogen (secondary N) is 1.